The summed E-state index contributed by atoms with van der Waals surface area (Å²) in [6.07, 6.45) is 2.56. The summed E-state index contributed by atoms with van der Waals surface area (Å²) in [6.45, 7) is 2.40. The van der Waals surface area contributed by atoms with E-state index < -0.39 is 12.1 Å². The number of ketones is 1. The molecule has 1 heterocycles. The van der Waals surface area contributed by atoms with E-state index >= 15 is 0 Å². The first-order chi connectivity index (χ1) is 19.9. The first kappa shape index (κ1) is 28.1. The number of carbonyl (C=O) groups is 3. The van der Waals surface area contributed by atoms with Crippen molar-refractivity contribution >= 4 is 28.4 Å². The van der Waals surface area contributed by atoms with Crippen LogP contribution >= 0.6 is 0 Å². The fraction of sp³-hybridized carbons (Fsp3) is 0.265. The molecule has 4 aromatic rings. The Bertz CT molecular complexity index is 1530. The molecule has 1 saturated heterocycles. The number of hydrogen-bond donors (Lipinski definition) is 2. The van der Waals surface area contributed by atoms with Crippen molar-refractivity contribution in [3.05, 3.63) is 108 Å². The number of nitrogens with one attached hydrogen (secondary N) is 1. The SMILES string of the molecule is CC(=O)c1ccc(Oc2ccc(CN3C(=O)C(Cc4ccc5ccccc5c4)NC(=O)C3CCCCN)cc2)cc1. The number of unbranched alkanes of at least 4 members (excludes halogenated alkanes) is 1. The van der Waals surface area contributed by atoms with Crippen molar-refractivity contribution in [2.75, 3.05) is 6.54 Å². The number of hydrogen-bond acceptors (Lipinski definition) is 5. The Kier molecular flexibility index (Phi) is 8.75. The fourth-order valence-corrected chi connectivity index (χ4v) is 5.28. The highest BCUT2D eigenvalue weighted by atomic mass is 16.5. The van der Waals surface area contributed by atoms with Crippen molar-refractivity contribution in [3.63, 3.8) is 0 Å². The zero-order valence-corrected chi connectivity index (χ0v) is 23.2. The number of carbonyl (C=O) groups excluding carboxylic acids is 3. The normalized spacial score (nSPS) is 17.0. The summed E-state index contributed by atoms with van der Waals surface area (Å²) < 4.78 is 5.93. The van der Waals surface area contributed by atoms with Crippen LogP contribution in [-0.2, 0) is 22.6 Å². The summed E-state index contributed by atoms with van der Waals surface area (Å²) in [6, 6.07) is 27.6. The van der Waals surface area contributed by atoms with E-state index in [9.17, 15) is 14.4 Å². The van der Waals surface area contributed by atoms with Gasteiger partial charge >= 0.3 is 0 Å². The summed E-state index contributed by atoms with van der Waals surface area (Å²) in [5.41, 5.74) is 8.23. The van der Waals surface area contributed by atoms with Gasteiger partial charge in [0.05, 0.1) is 0 Å². The molecule has 0 aliphatic carbocycles. The van der Waals surface area contributed by atoms with Gasteiger partial charge in [-0.3, -0.25) is 14.4 Å². The number of rotatable bonds is 11. The van der Waals surface area contributed by atoms with Gasteiger partial charge in [-0.2, -0.15) is 0 Å². The second kappa shape index (κ2) is 12.8. The summed E-state index contributed by atoms with van der Waals surface area (Å²) >= 11 is 0. The molecular formula is C34H35N3O4. The average molecular weight is 550 g/mol. The van der Waals surface area contributed by atoms with Crippen LogP contribution in [0.4, 0.5) is 0 Å². The third-order valence-corrected chi connectivity index (χ3v) is 7.53. The first-order valence-electron chi connectivity index (χ1n) is 14.1. The summed E-state index contributed by atoms with van der Waals surface area (Å²) in [7, 11) is 0. The molecule has 0 spiro atoms. The Hall–Kier alpha value is -4.49. The number of Topliss-reactive ketones (excluding diaryl/α,β-unsaturated/α-hetero) is 1. The lowest BCUT2D eigenvalue weighted by molar-refractivity contribution is -0.150. The Morgan fingerprint density at radius 2 is 1.51 bits per heavy atom. The Labute approximate surface area is 240 Å². The van der Waals surface area contributed by atoms with E-state index in [0.717, 1.165) is 34.7 Å². The number of fused-ring (bicyclic) bond motifs is 1. The van der Waals surface area contributed by atoms with Gasteiger partial charge in [-0.05, 0) is 91.0 Å². The maximum absolute atomic E-state index is 13.8. The molecule has 0 saturated carbocycles. The highest BCUT2D eigenvalue weighted by Crippen LogP contribution is 2.25. The predicted octanol–water partition coefficient (Wildman–Crippen LogP) is 5.40. The highest BCUT2D eigenvalue weighted by Gasteiger charge is 2.40. The molecule has 1 aliphatic heterocycles. The van der Waals surface area contributed by atoms with E-state index in [-0.39, 0.29) is 17.6 Å². The van der Waals surface area contributed by atoms with Gasteiger partial charge in [-0.25, -0.2) is 0 Å². The van der Waals surface area contributed by atoms with Crippen LogP contribution in [0.1, 0.15) is 47.7 Å². The minimum absolute atomic E-state index is 0.00248. The molecule has 210 valence electrons. The highest BCUT2D eigenvalue weighted by molar-refractivity contribution is 5.97. The molecule has 2 atom stereocenters. The zero-order valence-electron chi connectivity index (χ0n) is 23.2. The van der Waals surface area contributed by atoms with Crippen molar-refractivity contribution in [2.45, 2.75) is 51.2 Å². The maximum atomic E-state index is 13.8. The van der Waals surface area contributed by atoms with Crippen molar-refractivity contribution in [1.29, 1.82) is 0 Å². The zero-order chi connectivity index (χ0) is 28.8. The molecule has 1 aliphatic rings. The van der Waals surface area contributed by atoms with Crippen LogP contribution in [0, 0.1) is 0 Å². The van der Waals surface area contributed by atoms with Crippen LogP contribution in [0.2, 0.25) is 0 Å². The molecule has 5 rings (SSSR count). The van der Waals surface area contributed by atoms with Crippen LogP contribution < -0.4 is 15.8 Å². The van der Waals surface area contributed by atoms with E-state index in [4.69, 9.17) is 10.5 Å². The fourth-order valence-electron chi connectivity index (χ4n) is 5.28. The summed E-state index contributed by atoms with van der Waals surface area (Å²) in [5.74, 6) is 1.06. The van der Waals surface area contributed by atoms with Crippen LogP contribution in [0.25, 0.3) is 10.8 Å². The molecule has 0 bridgehead atoms. The second-order valence-corrected chi connectivity index (χ2v) is 10.5. The van der Waals surface area contributed by atoms with Gasteiger partial charge in [-0.1, -0.05) is 54.6 Å². The van der Waals surface area contributed by atoms with Gasteiger partial charge in [0.15, 0.2) is 5.78 Å². The van der Waals surface area contributed by atoms with Gasteiger partial charge in [0.25, 0.3) is 0 Å². The largest absolute Gasteiger partial charge is 0.457 e. The lowest BCUT2D eigenvalue weighted by Gasteiger charge is -2.39. The van der Waals surface area contributed by atoms with Crippen LogP contribution in [0.15, 0.2) is 91.0 Å². The number of benzene rings is 4. The maximum Gasteiger partial charge on any atom is 0.246 e. The monoisotopic (exact) mass is 549 g/mol. The van der Waals surface area contributed by atoms with Gasteiger partial charge in [0, 0.05) is 18.5 Å². The average Bonchev–Trinajstić information content (AvgIpc) is 2.98. The third kappa shape index (κ3) is 6.81. The number of amides is 2. The first-order valence-corrected chi connectivity index (χ1v) is 14.1. The van der Waals surface area contributed by atoms with Gasteiger partial charge < -0.3 is 20.7 Å². The number of ether oxygens (including phenoxy) is 1. The Morgan fingerprint density at radius 3 is 2.20 bits per heavy atom. The molecule has 0 radical (unpaired) electrons. The minimum Gasteiger partial charge on any atom is -0.457 e. The van der Waals surface area contributed by atoms with Crippen LogP contribution in [0.5, 0.6) is 11.5 Å². The van der Waals surface area contributed by atoms with E-state index in [0.29, 0.717) is 43.0 Å². The third-order valence-electron chi connectivity index (χ3n) is 7.53. The molecule has 7 heteroatoms. The lowest BCUT2D eigenvalue weighted by atomic mass is 9.96. The Balaban J connectivity index is 1.31. The van der Waals surface area contributed by atoms with Gasteiger partial charge in [-0.15, -0.1) is 0 Å². The Morgan fingerprint density at radius 1 is 0.854 bits per heavy atom. The quantitative estimate of drug-likeness (QED) is 0.193. The van der Waals surface area contributed by atoms with Gasteiger partial charge in [0.2, 0.25) is 11.8 Å². The predicted molar refractivity (Wildman–Crippen MR) is 160 cm³/mol. The van der Waals surface area contributed by atoms with Crippen LogP contribution in [-0.4, -0.2) is 41.1 Å². The molecular weight excluding hydrogens is 514 g/mol. The van der Waals surface area contributed by atoms with Crippen LogP contribution in [0.3, 0.4) is 0 Å². The number of piperazine rings is 1. The molecule has 1 fully saturated rings. The van der Waals surface area contributed by atoms with E-state index in [1.165, 1.54) is 6.92 Å². The van der Waals surface area contributed by atoms with Crippen molar-refractivity contribution in [1.82, 2.24) is 10.2 Å². The summed E-state index contributed by atoms with van der Waals surface area (Å²) in [4.78, 5) is 40.3. The molecule has 0 aromatic heterocycles. The van der Waals surface area contributed by atoms with Crippen molar-refractivity contribution in [2.24, 2.45) is 5.73 Å². The van der Waals surface area contributed by atoms with Crippen molar-refractivity contribution in [3.8, 4) is 11.5 Å². The molecule has 2 unspecified atom stereocenters. The standard InChI is InChI=1S/C34H35N3O4/c1-23(38)26-13-17-30(18-14-26)41-29-15-10-24(11-16-29)22-37-32(8-4-5-19-35)33(39)36-31(34(37)40)21-25-9-12-27-6-2-3-7-28(27)20-25/h2-3,6-7,9-18,20,31-32H,4-5,8,19,21-22,35H2,1H3,(H,36,39). The van der Waals surface area contributed by atoms with E-state index in [1.807, 2.05) is 42.5 Å². The molecule has 2 amide bonds. The van der Waals surface area contributed by atoms with E-state index in [1.54, 1.807) is 29.2 Å². The minimum atomic E-state index is -0.630. The number of nitrogens with zero attached hydrogens (tertiary/aromatic N) is 1. The molecule has 7 nitrogen and oxygen atoms in total. The smallest absolute Gasteiger partial charge is 0.246 e. The molecule has 3 N–H and O–H groups in total. The summed E-state index contributed by atoms with van der Waals surface area (Å²) in [5, 5.41) is 5.24. The lowest BCUT2D eigenvalue weighted by Crippen LogP contribution is -2.63. The van der Waals surface area contributed by atoms with Gasteiger partial charge in [0.1, 0.15) is 23.6 Å². The number of nitrogens with two attached hydrogens (primary N) is 1. The second-order valence-electron chi connectivity index (χ2n) is 10.5. The topological polar surface area (TPSA) is 102 Å². The van der Waals surface area contributed by atoms with E-state index in [2.05, 4.69) is 29.6 Å². The molecule has 4 aromatic carbocycles. The van der Waals surface area contributed by atoms with Crippen molar-refractivity contribution < 1.29 is 19.1 Å². The molecule has 41 heavy (non-hydrogen) atoms.